The minimum atomic E-state index is -4.84. The Morgan fingerprint density at radius 3 is 2.39 bits per heavy atom. The first-order valence-electron chi connectivity index (χ1n) is 11.0. The number of allylic oxidation sites excluding steroid dienone is 2. The first kappa shape index (κ1) is 29.4. The quantitative estimate of drug-likeness (QED) is 0.148. The van der Waals surface area contributed by atoms with Gasteiger partial charge in [-0.25, -0.2) is 9.18 Å². The first-order chi connectivity index (χ1) is 16.8. The molecule has 0 aromatic heterocycles. The van der Waals surface area contributed by atoms with Gasteiger partial charge in [0.25, 0.3) is 0 Å². The monoisotopic (exact) mass is 543 g/mol. The fourth-order valence-corrected chi connectivity index (χ4v) is 4.00. The van der Waals surface area contributed by atoms with Crippen molar-refractivity contribution in [3.05, 3.63) is 93.9 Å². The van der Waals surface area contributed by atoms with Gasteiger partial charge in [-0.2, -0.15) is 13.2 Å². The number of carbonyl (C=O) groups excluding carboxylic acids is 1. The van der Waals surface area contributed by atoms with E-state index in [0.29, 0.717) is 16.7 Å². The molecule has 0 aliphatic heterocycles. The third kappa shape index (κ3) is 7.58. The van der Waals surface area contributed by atoms with E-state index in [1.807, 2.05) is 6.92 Å². The second-order valence-electron chi connectivity index (χ2n) is 8.41. The number of rotatable bonds is 9. The molecule has 0 fully saturated rings. The summed E-state index contributed by atoms with van der Waals surface area (Å²) in [4.78, 5) is 17.3. The molecule has 2 rings (SSSR count). The first-order valence-corrected chi connectivity index (χ1v) is 11.9. The average molecular weight is 544 g/mol. The van der Waals surface area contributed by atoms with Crippen LogP contribution in [0.5, 0.6) is 0 Å². The Labute approximate surface area is 218 Å². The third-order valence-corrected chi connectivity index (χ3v) is 5.63. The molecule has 194 valence electrons. The number of hydrogen-bond acceptors (Lipinski definition) is 2. The molecule has 10 heteroatoms. The Kier molecular flexibility index (Phi) is 10.1. The van der Waals surface area contributed by atoms with E-state index >= 15 is 0 Å². The Balaban J connectivity index is 2.96. The summed E-state index contributed by atoms with van der Waals surface area (Å²) in [6.07, 6.45) is -0.907. The molecular formula is C26H27Cl2F4N3O. The minimum Gasteiger partial charge on any atom is -0.336 e. The van der Waals surface area contributed by atoms with Crippen LogP contribution in [-0.2, 0) is 18.1 Å². The van der Waals surface area contributed by atoms with Gasteiger partial charge in [-0.1, -0.05) is 36.4 Å². The highest BCUT2D eigenvalue weighted by atomic mass is 35.5. The van der Waals surface area contributed by atoms with Gasteiger partial charge in [0, 0.05) is 23.7 Å². The molecule has 2 amide bonds. The average Bonchev–Trinajstić information content (AvgIpc) is 2.76. The van der Waals surface area contributed by atoms with E-state index in [4.69, 9.17) is 23.2 Å². The van der Waals surface area contributed by atoms with Crippen LogP contribution in [0, 0.1) is 12.7 Å². The fraction of sp³-hybridized carbons (Fsp3) is 0.308. The number of alkyl halides is 4. The van der Waals surface area contributed by atoms with Gasteiger partial charge in [-0.05, 0) is 67.8 Å². The van der Waals surface area contributed by atoms with E-state index in [0.717, 1.165) is 17.7 Å². The number of aryl methyl sites for hydroxylation is 1. The van der Waals surface area contributed by atoms with E-state index in [1.54, 1.807) is 32.0 Å². The predicted octanol–water partition coefficient (Wildman–Crippen LogP) is 7.33. The fourth-order valence-electron chi connectivity index (χ4n) is 3.63. The number of carbonyl (C=O) groups is 1. The highest BCUT2D eigenvalue weighted by Crippen LogP contribution is 2.40. The number of hydrogen-bond donors (Lipinski definition) is 2. The zero-order valence-electron chi connectivity index (χ0n) is 20.0. The maximum absolute atomic E-state index is 14.7. The molecule has 4 nitrogen and oxygen atoms in total. The number of benzene rings is 2. The van der Waals surface area contributed by atoms with Crippen molar-refractivity contribution in [3.8, 4) is 0 Å². The molecule has 36 heavy (non-hydrogen) atoms. The van der Waals surface area contributed by atoms with Gasteiger partial charge < -0.3 is 10.6 Å². The second-order valence-corrected chi connectivity index (χ2v) is 9.13. The Morgan fingerprint density at radius 2 is 1.83 bits per heavy atom. The van der Waals surface area contributed by atoms with Gasteiger partial charge >= 0.3 is 12.2 Å². The molecule has 0 saturated carbocycles. The van der Waals surface area contributed by atoms with Crippen LogP contribution in [0.3, 0.4) is 0 Å². The minimum absolute atomic E-state index is 0.0228. The second kappa shape index (κ2) is 12.4. The standard InChI is InChI=1S/C26H27Cl2F4N3O/c1-5-6-23(33-10-9-27)25(35-24(36)34-16(2)3,15-18-8-7-17(4)11-22(18)28)19-12-20(26(30,31)32)14-21(29)13-19/h5-8,10-14,16H,1,9,15H2,2-4H3,(H2,34,35,36)/b23-6-,33-10?/t25-/m1/s1. The number of aliphatic imine (C=N–C) groups is 1. The molecule has 0 aliphatic carbocycles. The number of nitrogens with zero attached hydrogens (tertiary/aromatic N) is 1. The summed E-state index contributed by atoms with van der Waals surface area (Å²) in [5.41, 5.74) is -1.79. The van der Waals surface area contributed by atoms with Crippen LogP contribution >= 0.6 is 23.2 Å². The molecule has 0 unspecified atom stereocenters. The van der Waals surface area contributed by atoms with Crippen LogP contribution in [0.1, 0.15) is 36.1 Å². The molecular weight excluding hydrogens is 517 g/mol. The van der Waals surface area contributed by atoms with Crippen LogP contribution in [-0.4, -0.2) is 24.2 Å². The molecule has 0 heterocycles. The van der Waals surface area contributed by atoms with Crippen LogP contribution in [0.2, 0.25) is 5.02 Å². The van der Waals surface area contributed by atoms with E-state index in [9.17, 15) is 22.4 Å². The maximum Gasteiger partial charge on any atom is 0.416 e. The maximum atomic E-state index is 14.7. The Bertz CT molecular complexity index is 1160. The summed E-state index contributed by atoms with van der Waals surface area (Å²) in [6.45, 7) is 8.92. The van der Waals surface area contributed by atoms with Crippen molar-refractivity contribution in [3.63, 3.8) is 0 Å². The third-order valence-electron chi connectivity index (χ3n) is 5.14. The van der Waals surface area contributed by atoms with Gasteiger partial charge in [-0.15, -0.1) is 11.6 Å². The van der Waals surface area contributed by atoms with Gasteiger partial charge in [-0.3, -0.25) is 4.99 Å². The SMILES string of the molecule is C=C/C=C(\N=CCCl)[C@](Cc1ccc(C)cc1Cl)(NC(=O)NC(C)C)c1cc(F)cc(C(F)(F)F)c1. The van der Waals surface area contributed by atoms with Crippen molar-refractivity contribution in [1.82, 2.24) is 10.6 Å². The summed E-state index contributed by atoms with van der Waals surface area (Å²) >= 11 is 12.3. The molecule has 1 atom stereocenters. The van der Waals surface area contributed by atoms with Gasteiger partial charge in [0.05, 0.1) is 17.1 Å². The van der Waals surface area contributed by atoms with E-state index < -0.39 is 29.1 Å². The van der Waals surface area contributed by atoms with Gasteiger partial charge in [0.1, 0.15) is 11.4 Å². The summed E-state index contributed by atoms with van der Waals surface area (Å²) in [5.74, 6) is -1.16. The summed E-state index contributed by atoms with van der Waals surface area (Å²) in [7, 11) is 0. The molecule has 2 aromatic carbocycles. The number of nitrogens with one attached hydrogen (secondary N) is 2. The van der Waals surface area contributed by atoms with Crippen LogP contribution in [0.4, 0.5) is 22.4 Å². The van der Waals surface area contributed by atoms with Crippen molar-refractivity contribution in [2.75, 3.05) is 5.88 Å². The van der Waals surface area contributed by atoms with Crippen molar-refractivity contribution in [2.45, 2.75) is 44.9 Å². The lowest BCUT2D eigenvalue weighted by Gasteiger charge is -2.37. The van der Waals surface area contributed by atoms with Crippen molar-refractivity contribution >= 4 is 35.4 Å². The smallest absolute Gasteiger partial charge is 0.336 e. The molecule has 2 aromatic rings. The van der Waals surface area contributed by atoms with E-state index in [1.165, 1.54) is 18.4 Å². The highest BCUT2D eigenvalue weighted by Gasteiger charge is 2.41. The van der Waals surface area contributed by atoms with Crippen LogP contribution in [0.25, 0.3) is 0 Å². The number of halogens is 6. The van der Waals surface area contributed by atoms with Crippen LogP contribution < -0.4 is 10.6 Å². The molecule has 0 spiro atoms. The molecule has 0 aliphatic rings. The lowest BCUT2D eigenvalue weighted by molar-refractivity contribution is -0.137. The summed E-state index contributed by atoms with van der Waals surface area (Å²) in [5, 5.41) is 5.73. The largest absolute Gasteiger partial charge is 0.416 e. The highest BCUT2D eigenvalue weighted by molar-refractivity contribution is 6.31. The van der Waals surface area contributed by atoms with Crippen LogP contribution in [0.15, 0.2) is 65.8 Å². The Hall–Kier alpha value is -2.84. The van der Waals surface area contributed by atoms with Gasteiger partial charge in [0.15, 0.2) is 0 Å². The molecule has 0 radical (unpaired) electrons. The van der Waals surface area contributed by atoms with E-state index in [-0.39, 0.29) is 29.6 Å². The lowest BCUT2D eigenvalue weighted by Crippen LogP contribution is -2.53. The normalized spacial score (nSPS) is 14.1. The van der Waals surface area contributed by atoms with Crippen molar-refractivity contribution in [2.24, 2.45) is 4.99 Å². The summed E-state index contributed by atoms with van der Waals surface area (Å²) in [6, 6.07) is 6.24. The molecule has 0 bridgehead atoms. The summed E-state index contributed by atoms with van der Waals surface area (Å²) < 4.78 is 55.7. The predicted molar refractivity (Wildman–Crippen MR) is 137 cm³/mol. The molecule has 2 N–H and O–H groups in total. The topological polar surface area (TPSA) is 53.5 Å². The zero-order chi connectivity index (χ0) is 27.1. The van der Waals surface area contributed by atoms with Crippen molar-refractivity contribution < 1.29 is 22.4 Å². The number of amides is 2. The lowest BCUT2D eigenvalue weighted by atomic mass is 9.79. The van der Waals surface area contributed by atoms with Gasteiger partial charge in [0.2, 0.25) is 0 Å². The number of urea groups is 1. The molecule has 0 saturated heterocycles. The zero-order valence-corrected chi connectivity index (χ0v) is 21.5. The van der Waals surface area contributed by atoms with E-state index in [2.05, 4.69) is 22.2 Å². The van der Waals surface area contributed by atoms with Crippen molar-refractivity contribution in [1.29, 1.82) is 0 Å². The Morgan fingerprint density at radius 1 is 1.17 bits per heavy atom.